The number of methoxy groups -OCH3 is 1. The third-order valence-corrected chi connectivity index (χ3v) is 3.93. The average molecular weight is 286 g/mol. The van der Waals surface area contributed by atoms with Crippen LogP contribution in [-0.4, -0.2) is 34.4 Å². The van der Waals surface area contributed by atoms with Crippen molar-refractivity contribution in [3.8, 4) is 5.75 Å². The molecule has 0 saturated heterocycles. The fourth-order valence-corrected chi connectivity index (χ4v) is 2.70. The second-order valence-corrected chi connectivity index (χ2v) is 6.09. The number of nitrogens with one attached hydrogen (secondary N) is 2. The first kappa shape index (κ1) is 15.8. The van der Waals surface area contributed by atoms with Crippen LogP contribution in [0.3, 0.4) is 0 Å². The summed E-state index contributed by atoms with van der Waals surface area (Å²) in [5, 5.41) is 3.18. The molecule has 0 heterocycles. The molecule has 0 fully saturated rings. The van der Waals surface area contributed by atoms with E-state index in [1.165, 1.54) is 0 Å². The van der Waals surface area contributed by atoms with Crippen LogP contribution >= 0.6 is 0 Å². The minimum atomic E-state index is -3.27. The molecule has 5 nitrogen and oxygen atoms in total. The van der Waals surface area contributed by atoms with E-state index in [1.807, 2.05) is 0 Å². The SMILES string of the molecule is CCCNCCCS(=O)(=O)Nc1ccc(OC)cc1. The summed E-state index contributed by atoms with van der Waals surface area (Å²) in [6.07, 6.45) is 1.66. The van der Waals surface area contributed by atoms with Crippen LogP contribution in [0.15, 0.2) is 24.3 Å². The number of benzene rings is 1. The summed E-state index contributed by atoms with van der Waals surface area (Å²) in [6, 6.07) is 6.82. The van der Waals surface area contributed by atoms with E-state index in [0.717, 1.165) is 19.5 Å². The van der Waals surface area contributed by atoms with Crippen LogP contribution in [0.1, 0.15) is 19.8 Å². The summed E-state index contributed by atoms with van der Waals surface area (Å²) in [7, 11) is -1.70. The van der Waals surface area contributed by atoms with Gasteiger partial charge in [0.25, 0.3) is 0 Å². The second kappa shape index (κ2) is 8.01. The van der Waals surface area contributed by atoms with Crippen LogP contribution in [0, 0.1) is 0 Å². The van der Waals surface area contributed by atoms with Crippen molar-refractivity contribution in [3.63, 3.8) is 0 Å². The monoisotopic (exact) mass is 286 g/mol. The minimum Gasteiger partial charge on any atom is -0.497 e. The maximum Gasteiger partial charge on any atom is 0.232 e. The molecule has 0 aliphatic rings. The molecule has 0 aromatic heterocycles. The summed E-state index contributed by atoms with van der Waals surface area (Å²) in [4.78, 5) is 0. The summed E-state index contributed by atoms with van der Waals surface area (Å²) >= 11 is 0. The third kappa shape index (κ3) is 6.45. The molecule has 1 rings (SSSR count). The first-order chi connectivity index (χ1) is 9.07. The van der Waals surface area contributed by atoms with Gasteiger partial charge in [0.1, 0.15) is 5.75 Å². The van der Waals surface area contributed by atoms with Gasteiger partial charge < -0.3 is 10.1 Å². The third-order valence-electron chi connectivity index (χ3n) is 2.56. The van der Waals surface area contributed by atoms with Crippen molar-refractivity contribution in [2.24, 2.45) is 0 Å². The zero-order valence-corrected chi connectivity index (χ0v) is 12.3. The van der Waals surface area contributed by atoms with E-state index in [0.29, 0.717) is 17.9 Å². The summed E-state index contributed by atoms with van der Waals surface area (Å²) in [5.41, 5.74) is 0.558. The highest BCUT2D eigenvalue weighted by Crippen LogP contribution is 2.16. The topological polar surface area (TPSA) is 67.4 Å². The van der Waals surface area contributed by atoms with Crippen molar-refractivity contribution >= 4 is 15.7 Å². The van der Waals surface area contributed by atoms with Gasteiger partial charge in [0.05, 0.1) is 12.9 Å². The molecule has 2 N–H and O–H groups in total. The Morgan fingerprint density at radius 2 is 1.84 bits per heavy atom. The van der Waals surface area contributed by atoms with Crippen molar-refractivity contribution in [3.05, 3.63) is 24.3 Å². The Labute approximate surface area is 115 Å². The quantitative estimate of drug-likeness (QED) is 0.680. The Balaban J connectivity index is 2.40. The molecule has 0 saturated carbocycles. The Bertz CT molecular complexity index is 457. The van der Waals surface area contributed by atoms with Crippen LogP contribution in [0.25, 0.3) is 0 Å². The Hall–Kier alpha value is -1.27. The van der Waals surface area contributed by atoms with Crippen molar-refractivity contribution < 1.29 is 13.2 Å². The fourth-order valence-electron chi connectivity index (χ4n) is 1.58. The summed E-state index contributed by atoms with van der Waals surface area (Å²) in [5.74, 6) is 0.821. The van der Waals surface area contributed by atoms with Crippen molar-refractivity contribution in [2.75, 3.05) is 30.7 Å². The normalized spacial score (nSPS) is 11.3. The van der Waals surface area contributed by atoms with Gasteiger partial charge in [-0.25, -0.2) is 8.42 Å². The highest BCUT2D eigenvalue weighted by molar-refractivity contribution is 7.92. The van der Waals surface area contributed by atoms with E-state index in [4.69, 9.17) is 4.74 Å². The smallest absolute Gasteiger partial charge is 0.232 e. The van der Waals surface area contributed by atoms with Gasteiger partial charge in [-0.15, -0.1) is 0 Å². The van der Waals surface area contributed by atoms with Crippen molar-refractivity contribution in [2.45, 2.75) is 19.8 Å². The van der Waals surface area contributed by atoms with Gasteiger partial charge in [0.2, 0.25) is 10.0 Å². The van der Waals surface area contributed by atoms with Gasteiger partial charge in [0, 0.05) is 5.69 Å². The molecule has 19 heavy (non-hydrogen) atoms. The van der Waals surface area contributed by atoms with E-state index in [9.17, 15) is 8.42 Å². The number of rotatable bonds is 9. The van der Waals surface area contributed by atoms with E-state index in [2.05, 4.69) is 17.0 Å². The lowest BCUT2D eigenvalue weighted by atomic mass is 10.3. The van der Waals surface area contributed by atoms with Gasteiger partial charge in [-0.3, -0.25) is 4.72 Å². The molecule has 1 aromatic rings. The molecule has 0 spiro atoms. The van der Waals surface area contributed by atoms with Crippen LogP contribution in [0.4, 0.5) is 5.69 Å². The van der Waals surface area contributed by atoms with E-state index >= 15 is 0 Å². The number of sulfonamides is 1. The minimum absolute atomic E-state index is 0.121. The molecule has 0 atom stereocenters. The molecule has 0 radical (unpaired) electrons. The molecule has 108 valence electrons. The molecule has 0 bridgehead atoms. The first-order valence-corrected chi connectivity index (χ1v) is 8.08. The molecule has 1 aromatic carbocycles. The highest BCUT2D eigenvalue weighted by atomic mass is 32.2. The summed E-state index contributed by atoms with van der Waals surface area (Å²) < 4.78 is 31.2. The van der Waals surface area contributed by atoms with Crippen LogP contribution in [-0.2, 0) is 10.0 Å². The largest absolute Gasteiger partial charge is 0.497 e. The average Bonchev–Trinajstić information content (AvgIpc) is 2.39. The molecule has 0 amide bonds. The lowest BCUT2D eigenvalue weighted by Gasteiger charge is -2.09. The predicted octanol–water partition coefficient (Wildman–Crippen LogP) is 1.83. The van der Waals surface area contributed by atoms with Gasteiger partial charge in [-0.1, -0.05) is 6.92 Å². The van der Waals surface area contributed by atoms with E-state index < -0.39 is 10.0 Å². The Morgan fingerprint density at radius 1 is 1.16 bits per heavy atom. The van der Waals surface area contributed by atoms with Gasteiger partial charge in [0.15, 0.2) is 0 Å². The van der Waals surface area contributed by atoms with Crippen molar-refractivity contribution in [1.29, 1.82) is 0 Å². The maximum atomic E-state index is 11.8. The molecule has 0 aliphatic carbocycles. The van der Waals surface area contributed by atoms with Crippen molar-refractivity contribution in [1.82, 2.24) is 5.32 Å². The molecular weight excluding hydrogens is 264 g/mol. The number of hydrogen-bond acceptors (Lipinski definition) is 4. The highest BCUT2D eigenvalue weighted by Gasteiger charge is 2.09. The molecule has 0 unspecified atom stereocenters. The fraction of sp³-hybridized carbons (Fsp3) is 0.538. The first-order valence-electron chi connectivity index (χ1n) is 6.42. The zero-order valence-electron chi connectivity index (χ0n) is 11.5. The Kier molecular flexibility index (Phi) is 6.66. The lowest BCUT2D eigenvalue weighted by molar-refractivity contribution is 0.415. The van der Waals surface area contributed by atoms with Crippen LogP contribution in [0.2, 0.25) is 0 Å². The second-order valence-electron chi connectivity index (χ2n) is 4.25. The van der Waals surface area contributed by atoms with E-state index in [1.54, 1.807) is 31.4 Å². The van der Waals surface area contributed by atoms with Gasteiger partial charge >= 0.3 is 0 Å². The van der Waals surface area contributed by atoms with Crippen LogP contribution < -0.4 is 14.8 Å². The van der Waals surface area contributed by atoms with Crippen LogP contribution in [0.5, 0.6) is 5.75 Å². The van der Waals surface area contributed by atoms with E-state index in [-0.39, 0.29) is 5.75 Å². The van der Waals surface area contributed by atoms with Gasteiger partial charge in [-0.05, 0) is 50.2 Å². The number of anilines is 1. The predicted molar refractivity (Wildman–Crippen MR) is 78.2 cm³/mol. The molecule has 6 heteroatoms. The Morgan fingerprint density at radius 3 is 2.42 bits per heavy atom. The molecule has 0 aliphatic heterocycles. The maximum absolute atomic E-state index is 11.8. The number of hydrogen-bond donors (Lipinski definition) is 2. The lowest BCUT2D eigenvalue weighted by Crippen LogP contribution is -2.22. The molecular formula is C13H22N2O3S. The zero-order chi connectivity index (χ0) is 14.1. The van der Waals surface area contributed by atoms with Gasteiger partial charge in [-0.2, -0.15) is 0 Å². The summed E-state index contributed by atoms with van der Waals surface area (Å²) in [6.45, 7) is 3.72. The standard InChI is InChI=1S/C13H22N2O3S/c1-3-9-14-10-4-11-19(16,17)15-12-5-7-13(18-2)8-6-12/h5-8,14-15H,3-4,9-11H2,1-2H3. The number of ether oxygens (including phenoxy) is 1.